The maximum absolute atomic E-state index is 12.0. The highest BCUT2D eigenvalue weighted by atomic mass is 79.9. The molecule has 0 aliphatic heterocycles. The van der Waals surface area contributed by atoms with Crippen LogP contribution in [-0.2, 0) is 4.74 Å². The summed E-state index contributed by atoms with van der Waals surface area (Å²) < 4.78 is 5.81. The molecule has 0 spiro atoms. The molecule has 0 aliphatic carbocycles. The molecule has 0 saturated heterocycles. The highest BCUT2D eigenvalue weighted by Gasteiger charge is 2.17. The van der Waals surface area contributed by atoms with Crippen LogP contribution in [0.4, 0.5) is 0 Å². The van der Waals surface area contributed by atoms with Crippen LogP contribution in [-0.4, -0.2) is 13.1 Å². The molecule has 0 unspecified atom stereocenters. The predicted octanol–water partition coefficient (Wildman–Crippen LogP) is 4.83. The van der Waals surface area contributed by atoms with Crippen molar-refractivity contribution in [2.24, 2.45) is 0 Å². The van der Waals surface area contributed by atoms with Crippen molar-refractivity contribution in [3.05, 3.63) is 57.1 Å². The number of ether oxygens (including phenoxy) is 1. The zero-order valence-corrected chi connectivity index (χ0v) is 13.7. The number of methoxy groups -OCH3 is 1. The van der Waals surface area contributed by atoms with Crippen LogP contribution >= 0.6 is 15.9 Å². The van der Waals surface area contributed by atoms with Crippen LogP contribution < -0.4 is 0 Å². The summed E-state index contributed by atoms with van der Waals surface area (Å²) in [6.45, 7) is 6.06. The molecule has 0 fully saturated rings. The summed E-state index contributed by atoms with van der Waals surface area (Å²) in [6.07, 6.45) is 0. The smallest absolute Gasteiger partial charge is 0.338 e. The Morgan fingerprint density at radius 2 is 1.50 bits per heavy atom. The molecule has 0 saturated carbocycles. The first-order valence-electron chi connectivity index (χ1n) is 6.39. The number of hydrogen-bond acceptors (Lipinski definition) is 2. The fourth-order valence-electron chi connectivity index (χ4n) is 2.43. The first kappa shape index (κ1) is 14.8. The van der Waals surface area contributed by atoms with Gasteiger partial charge in [-0.25, -0.2) is 4.79 Å². The van der Waals surface area contributed by atoms with E-state index in [4.69, 9.17) is 4.74 Å². The third-order valence-electron chi connectivity index (χ3n) is 3.15. The van der Waals surface area contributed by atoms with E-state index in [1.807, 2.05) is 19.1 Å². The minimum absolute atomic E-state index is 0.316. The van der Waals surface area contributed by atoms with Gasteiger partial charge in [-0.1, -0.05) is 45.3 Å². The summed E-state index contributed by atoms with van der Waals surface area (Å²) in [5.74, 6) is -0.316. The van der Waals surface area contributed by atoms with Crippen LogP contribution in [0.1, 0.15) is 27.0 Å². The lowest BCUT2D eigenvalue weighted by Crippen LogP contribution is -2.05. The lowest BCUT2D eigenvalue weighted by molar-refractivity contribution is 0.0601. The molecule has 0 N–H and O–H groups in total. The van der Waals surface area contributed by atoms with Crippen molar-refractivity contribution in [2.45, 2.75) is 20.8 Å². The Kier molecular flexibility index (Phi) is 4.29. The van der Waals surface area contributed by atoms with Gasteiger partial charge >= 0.3 is 5.97 Å². The van der Waals surface area contributed by atoms with Gasteiger partial charge in [0.05, 0.1) is 12.7 Å². The molecule has 2 aromatic rings. The molecular formula is C17H17BrO2. The summed E-state index contributed by atoms with van der Waals surface area (Å²) in [5.41, 5.74) is 5.85. The van der Waals surface area contributed by atoms with Crippen molar-refractivity contribution in [3.8, 4) is 11.1 Å². The largest absolute Gasteiger partial charge is 0.465 e. The monoisotopic (exact) mass is 332 g/mol. The number of halogens is 1. The zero-order valence-electron chi connectivity index (χ0n) is 12.1. The first-order chi connectivity index (χ1) is 9.42. The highest BCUT2D eigenvalue weighted by molar-refractivity contribution is 9.10. The molecule has 2 aromatic carbocycles. The van der Waals surface area contributed by atoms with E-state index < -0.39 is 0 Å². The van der Waals surface area contributed by atoms with E-state index in [0.29, 0.717) is 5.56 Å². The number of rotatable bonds is 2. The standard InChI is InChI=1S/C17H17BrO2/c1-10-5-11(2)7-13(6-10)16-14(17(19)20-4)8-12(3)9-15(16)18/h5-9H,1-4H3. The quantitative estimate of drug-likeness (QED) is 0.736. The number of carbonyl (C=O) groups excluding carboxylic acids is 1. The second-order valence-electron chi connectivity index (χ2n) is 5.04. The van der Waals surface area contributed by atoms with Crippen molar-refractivity contribution >= 4 is 21.9 Å². The van der Waals surface area contributed by atoms with Gasteiger partial charge in [0.1, 0.15) is 0 Å². The molecule has 0 bridgehead atoms. The highest BCUT2D eigenvalue weighted by Crippen LogP contribution is 2.34. The summed E-state index contributed by atoms with van der Waals surface area (Å²) in [4.78, 5) is 12.0. The van der Waals surface area contributed by atoms with Gasteiger partial charge in [0.25, 0.3) is 0 Å². The Morgan fingerprint density at radius 1 is 0.950 bits per heavy atom. The Balaban J connectivity index is 2.75. The van der Waals surface area contributed by atoms with Gasteiger partial charge in [-0.05, 0) is 44.0 Å². The summed E-state index contributed by atoms with van der Waals surface area (Å²) >= 11 is 3.57. The third-order valence-corrected chi connectivity index (χ3v) is 3.78. The Labute approximate surface area is 127 Å². The van der Waals surface area contributed by atoms with Gasteiger partial charge in [-0.3, -0.25) is 0 Å². The predicted molar refractivity (Wildman–Crippen MR) is 85.1 cm³/mol. The molecule has 0 radical (unpaired) electrons. The van der Waals surface area contributed by atoms with Gasteiger partial charge in [0.2, 0.25) is 0 Å². The van der Waals surface area contributed by atoms with E-state index in [1.165, 1.54) is 18.2 Å². The van der Waals surface area contributed by atoms with Crippen molar-refractivity contribution in [3.63, 3.8) is 0 Å². The minimum atomic E-state index is -0.316. The Bertz CT molecular complexity index is 655. The topological polar surface area (TPSA) is 26.3 Å². The maximum Gasteiger partial charge on any atom is 0.338 e. The SMILES string of the molecule is COC(=O)c1cc(C)cc(Br)c1-c1cc(C)cc(C)c1. The molecule has 0 aliphatic rings. The van der Waals surface area contributed by atoms with Gasteiger partial charge in [0.15, 0.2) is 0 Å². The molecule has 0 aromatic heterocycles. The average Bonchev–Trinajstić information content (AvgIpc) is 2.35. The summed E-state index contributed by atoms with van der Waals surface area (Å²) in [7, 11) is 1.41. The van der Waals surface area contributed by atoms with E-state index in [1.54, 1.807) is 0 Å². The van der Waals surface area contributed by atoms with E-state index in [9.17, 15) is 4.79 Å². The van der Waals surface area contributed by atoms with Gasteiger partial charge < -0.3 is 4.74 Å². The summed E-state index contributed by atoms with van der Waals surface area (Å²) in [5, 5.41) is 0. The van der Waals surface area contributed by atoms with Crippen molar-refractivity contribution in [1.82, 2.24) is 0 Å². The molecule has 0 amide bonds. The second-order valence-corrected chi connectivity index (χ2v) is 5.89. The average molecular weight is 333 g/mol. The molecule has 2 nitrogen and oxygen atoms in total. The number of aryl methyl sites for hydroxylation is 3. The molecule has 3 heteroatoms. The molecule has 0 heterocycles. The first-order valence-corrected chi connectivity index (χ1v) is 7.19. The minimum Gasteiger partial charge on any atom is -0.465 e. The van der Waals surface area contributed by atoms with E-state index in [0.717, 1.165) is 21.2 Å². The third kappa shape index (κ3) is 2.93. The van der Waals surface area contributed by atoms with Crippen LogP contribution in [0.5, 0.6) is 0 Å². The molecule has 0 atom stereocenters. The van der Waals surface area contributed by atoms with Gasteiger partial charge in [-0.2, -0.15) is 0 Å². The molecule has 104 valence electrons. The molecular weight excluding hydrogens is 316 g/mol. The van der Waals surface area contributed by atoms with E-state index in [-0.39, 0.29) is 5.97 Å². The number of benzene rings is 2. The number of carbonyl (C=O) groups is 1. The Hall–Kier alpha value is -1.61. The van der Waals surface area contributed by atoms with Crippen LogP contribution in [0, 0.1) is 20.8 Å². The maximum atomic E-state index is 12.0. The Morgan fingerprint density at radius 3 is 2.05 bits per heavy atom. The number of esters is 1. The van der Waals surface area contributed by atoms with Crippen molar-refractivity contribution in [2.75, 3.05) is 7.11 Å². The summed E-state index contributed by atoms with van der Waals surface area (Å²) in [6, 6.07) is 10.1. The lowest BCUT2D eigenvalue weighted by atomic mass is 9.95. The van der Waals surface area contributed by atoms with E-state index >= 15 is 0 Å². The van der Waals surface area contributed by atoms with Gasteiger partial charge in [0, 0.05) is 10.0 Å². The lowest BCUT2D eigenvalue weighted by Gasteiger charge is -2.13. The van der Waals surface area contributed by atoms with E-state index in [2.05, 4.69) is 48.0 Å². The van der Waals surface area contributed by atoms with Crippen LogP contribution in [0.15, 0.2) is 34.8 Å². The van der Waals surface area contributed by atoms with Crippen molar-refractivity contribution < 1.29 is 9.53 Å². The van der Waals surface area contributed by atoms with Crippen LogP contribution in [0.2, 0.25) is 0 Å². The fourth-order valence-corrected chi connectivity index (χ4v) is 3.23. The van der Waals surface area contributed by atoms with Gasteiger partial charge in [-0.15, -0.1) is 0 Å². The molecule has 20 heavy (non-hydrogen) atoms. The van der Waals surface area contributed by atoms with Crippen molar-refractivity contribution in [1.29, 1.82) is 0 Å². The normalized spacial score (nSPS) is 10.4. The second kappa shape index (κ2) is 5.80. The molecule has 2 rings (SSSR count). The fraction of sp³-hybridized carbons (Fsp3) is 0.235. The van der Waals surface area contributed by atoms with Crippen LogP contribution in [0.25, 0.3) is 11.1 Å². The number of hydrogen-bond donors (Lipinski definition) is 0. The van der Waals surface area contributed by atoms with Crippen LogP contribution in [0.3, 0.4) is 0 Å². The zero-order chi connectivity index (χ0) is 14.9.